The number of benzene rings is 1. The van der Waals surface area contributed by atoms with Gasteiger partial charge in [0.25, 0.3) is 11.6 Å². The van der Waals surface area contributed by atoms with Gasteiger partial charge in [-0.2, -0.15) is 0 Å². The molecule has 1 aromatic heterocycles. The predicted molar refractivity (Wildman–Crippen MR) is 77.4 cm³/mol. The van der Waals surface area contributed by atoms with Crippen LogP contribution in [-0.4, -0.2) is 15.8 Å². The van der Waals surface area contributed by atoms with Crippen LogP contribution in [0.3, 0.4) is 0 Å². The van der Waals surface area contributed by atoms with Crippen molar-refractivity contribution in [2.45, 2.75) is 0 Å². The fourth-order valence-electron chi connectivity index (χ4n) is 1.59. The van der Waals surface area contributed by atoms with Gasteiger partial charge in [-0.25, -0.2) is 9.37 Å². The Morgan fingerprint density at radius 2 is 2.19 bits per heavy atom. The Balaban J connectivity index is 2.41. The number of carbonyl (C=O) groups is 1. The summed E-state index contributed by atoms with van der Waals surface area (Å²) in [5.41, 5.74) is 4.48. The van der Waals surface area contributed by atoms with E-state index in [9.17, 15) is 19.3 Å². The quantitative estimate of drug-likeness (QED) is 0.650. The van der Waals surface area contributed by atoms with E-state index in [0.717, 1.165) is 18.3 Å². The molecule has 0 radical (unpaired) electrons. The molecule has 1 heterocycles. The highest BCUT2D eigenvalue weighted by atomic mass is 79.9. The summed E-state index contributed by atoms with van der Waals surface area (Å²) in [5.74, 6) is -1.60. The Morgan fingerprint density at radius 3 is 2.81 bits per heavy atom. The average Bonchev–Trinajstić information content (AvgIpc) is 2.42. The molecule has 108 valence electrons. The Bertz CT molecular complexity index is 718. The monoisotopic (exact) mass is 354 g/mol. The van der Waals surface area contributed by atoms with Crippen molar-refractivity contribution in [1.82, 2.24) is 4.98 Å². The van der Waals surface area contributed by atoms with E-state index in [1.165, 1.54) is 12.1 Å². The molecule has 0 aliphatic rings. The maximum absolute atomic E-state index is 13.6. The molecule has 0 saturated carbocycles. The van der Waals surface area contributed by atoms with Gasteiger partial charge in [0.2, 0.25) is 0 Å². The summed E-state index contributed by atoms with van der Waals surface area (Å²) < 4.78 is 14.0. The van der Waals surface area contributed by atoms with Gasteiger partial charge in [-0.3, -0.25) is 14.9 Å². The number of amides is 1. The summed E-state index contributed by atoms with van der Waals surface area (Å²) in [7, 11) is 0. The molecule has 1 amide bonds. The van der Waals surface area contributed by atoms with Crippen LogP contribution in [0.25, 0.3) is 0 Å². The van der Waals surface area contributed by atoms with Crippen molar-refractivity contribution in [3.05, 3.63) is 56.4 Å². The summed E-state index contributed by atoms with van der Waals surface area (Å²) in [5, 5.41) is 13.2. The lowest BCUT2D eigenvalue weighted by Gasteiger charge is -2.09. The summed E-state index contributed by atoms with van der Waals surface area (Å²) in [6.45, 7) is 0. The minimum Gasteiger partial charge on any atom is -0.384 e. The lowest BCUT2D eigenvalue weighted by Crippen LogP contribution is -2.16. The van der Waals surface area contributed by atoms with Crippen LogP contribution in [0.15, 0.2) is 34.9 Å². The predicted octanol–water partition coefficient (Wildman–Crippen LogP) is 2.73. The maximum atomic E-state index is 13.6. The molecule has 3 N–H and O–H groups in total. The molecule has 0 saturated heterocycles. The number of nitrogens with zero attached hydrogens (tertiary/aromatic N) is 2. The van der Waals surface area contributed by atoms with Gasteiger partial charge in [0.1, 0.15) is 23.4 Å². The standard InChI is InChI=1S/C12H8BrFN4O3/c13-7-2-1-3-8(14)11(7)17-12(19)6-4-10(15)16-5-9(6)18(20)21/h1-5H,(H2,15,16)(H,17,19). The molecule has 0 fully saturated rings. The maximum Gasteiger partial charge on any atom is 0.300 e. The molecular weight excluding hydrogens is 347 g/mol. The van der Waals surface area contributed by atoms with Crippen molar-refractivity contribution in [1.29, 1.82) is 0 Å². The van der Waals surface area contributed by atoms with Crippen molar-refractivity contribution in [2.24, 2.45) is 0 Å². The van der Waals surface area contributed by atoms with Crippen LogP contribution in [0.2, 0.25) is 0 Å². The fraction of sp³-hybridized carbons (Fsp3) is 0. The van der Waals surface area contributed by atoms with E-state index in [0.29, 0.717) is 4.47 Å². The number of carbonyl (C=O) groups excluding carboxylic acids is 1. The zero-order valence-electron chi connectivity index (χ0n) is 10.3. The highest BCUT2D eigenvalue weighted by Gasteiger charge is 2.22. The molecule has 0 bridgehead atoms. The van der Waals surface area contributed by atoms with Crippen LogP contribution in [0.1, 0.15) is 10.4 Å². The van der Waals surface area contributed by atoms with E-state index >= 15 is 0 Å². The first-order valence-corrected chi connectivity index (χ1v) is 6.34. The normalized spacial score (nSPS) is 10.2. The number of hydrogen-bond acceptors (Lipinski definition) is 5. The Labute approximate surface area is 126 Å². The third kappa shape index (κ3) is 3.14. The number of hydrogen-bond donors (Lipinski definition) is 2. The molecule has 0 aliphatic heterocycles. The van der Waals surface area contributed by atoms with E-state index in [-0.39, 0.29) is 17.1 Å². The van der Waals surface area contributed by atoms with Crippen molar-refractivity contribution in [3.63, 3.8) is 0 Å². The summed E-state index contributed by atoms with van der Waals surface area (Å²) >= 11 is 3.08. The Hall–Kier alpha value is -2.55. The van der Waals surface area contributed by atoms with Crippen molar-refractivity contribution in [3.8, 4) is 0 Å². The SMILES string of the molecule is Nc1cc(C(=O)Nc2c(F)cccc2Br)c([N+](=O)[O-])cn1. The van der Waals surface area contributed by atoms with E-state index in [1.54, 1.807) is 0 Å². The molecule has 21 heavy (non-hydrogen) atoms. The number of nitrogens with two attached hydrogens (primary N) is 1. The third-order valence-electron chi connectivity index (χ3n) is 2.55. The number of para-hydroxylation sites is 1. The number of halogens is 2. The number of anilines is 2. The first-order chi connectivity index (χ1) is 9.90. The molecule has 9 heteroatoms. The summed E-state index contributed by atoms with van der Waals surface area (Å²) in [6, 6.07) is 5.17. The number of rotatable bonds is 3. The van der Waals surface area contributed by atoms with Crippen LogP contribution in [-0.2, 0) is 0 Å². The van der Waals surface area contributed by atoms with E-state index in [2.05, 4.69) is 26.2 Å². The molecule has 2 rings (SSSR count). The smallest absolute Gasteiger partial charge is 0.300 e. The largest absolute Gasteiger partial charge is 0.384 e. The molecule has 0 spiro atoms. The van der Waals surface area contributed by atoms with Gasteiger partial charge in [-0.15, -0.1) is 0 Å². The van der Waals surface area contributed by atoms with E-state index in [4.69, 9.17) is 5.73 Å². The van der Waals surface area contributed by atoms with Gasteiger partial charge in [0.05, 0.1) is 10.6 Å². The minimum absolute atomic E-state index is 0.0571. The molecule has 1 aromatic carbocycles. The van der Waals surface area contributed by atoms with E-state index < -0.39 is 22.3 Å². The van der Waals surface area contributed by atoms with Gasteiger partial charge in [-0.1, -0.05) is 6.07 Å². The second kappa shape index (κ2) is 5.83. The average molecular weight is 355 g/mol. The second-order valence-electron chi connectivity index (χ2n) is 3.93. The Kier molecular flexibility index (Phi) is 4.13. The molecule has 0 unspecified atom stereocenters. The second-order valence-corrected chi connectivity index (χ2v) is 4.79. The van der Waals surface area contributed by atoms with Crippen LogP contribution in [0.4, 0.5) is 21.6 Å². The lowest BCUT2D eigenvalue weighted by atomic mass is 10.2. The van der Waals surface area contributed by atoms with Crippen LogP contribution in [0.5, 0.6) is 0 Å². The molecular formula is C12H8BrFN4O3. The van der Waals surface area contributed by atoms with Gasteiger partial charge in [-0.05, 0) is 34.1 Å². The van der Waals surface area contributed by atoms with Gasteiger partial charge >= 0.3 is 0 Å². The molecule has 7 nitrogen and oxygen atoms in total. The van der Waals surface area contributed by atoms with E-state index in [1.807, 2.05) is 0 Å². The Morgan fingerprint density at radius 1 is 1.48 bits per heavy atom. The lowest BCUT2D eigenvalue weighted by molar-refractivity contribution is -0.385. The molecule has 0 aliphatic carbocycles. The highest BCUT2D eigenvalue weighted by Crippen LogP contribution is 2.27. The number of nitrogen functional groups attached to an aromatic ring is 1. The molecule has 0 atom stereocenters. The topological polar surface area (TPSA) is 111 Å². The van der Waals surface area contributed by atoms with Gasteiger partial charge in [0.15, 0.2) is 0 Å². The van der Waals surface area contributed by atoms with Crippen molar-refractivity contribution in [2.75, 3.05) is 11.1 Å². The van der Waals surface area contributed by atoms with Crippen LogP contribution < -0.4 is 11.1 Å². The first-order valence-electron chi connectivity index (χ1n) is 5.55. The number of nitro groups is 1. The zero-order chi connectivity index (χ0) is 15.6. The van der Waals surface area contributed by atoms with Gasteiger partial charge in [0, 0.05) is 4.47 Å². The summed E-state index contributed by atoms with van der Waals surface area (Å²) in [4.78, 5) is 25.8. The minimum atomic E-state index is -0.860. The fourth-order valence-corrected chi connectivity index (χ4v) is 2.03. The zero-order valence-corrected chi connectivity index (χ0v) is 11.9. The summed E-state index contributed by atoms with van der Waals surface area (Å²) in [6.07, 6.45) is 0.876. The van der Waals surface area contributed by atoms with Crippen LogP contribution in [0, 0.1) is 15.9 Å². The number of pyridine rings is 1. The van der Waals surface area contributed by atoms with Crippen LogP contribution >= 0.6 is 15.9 Å². The molecule has 2 aromatic rings. The van der Waals surface area contributed by atoms with Gasteiger partial charge < -0.3 is 11.1 Å². The number of nitrogens with one attached hydrogen (secondary N) is 1. The van der Waals surface area contributed by atoms with Crippen molar-refractivity contribution >= 4 is 39.0 Å². The van der Waals surface area contributed by atoms with Crippen molar-refractivity contribution < 1.29 is 14.1 Å². The number of aromatic nitrogens is 1. The third-order valence-corrected chi connectivity index (χ3v) is 3.21. The first kappa shape index (κ1) is 14.9. The highest BCUT2D eigenvalue weighted by molar-refractivity contribution is 9.10.